The van der Waals surface area contributed by atoms with E-state index in [1.807, 2.05) is 0 Å². The average molecular weight is 327 g/mol. The van der Waals surface area contributed by atoms with E-state index in [9.17, 15) is 5.26 Å². The van der Waals surface area contributed by atoms with Crippen LogP contribution in [0.15, 0.2) is 0 Å². The summed E-state index contributed by atoms with van der Waals surface area (Å²) in [6.45, 7) is 16.7. The van der Waals surface area contributed by atoms with E-state index < -0.39 is 0 Å². The van der Waals surface area contributed by atoms with E-state index in [1.54, 1.807) is 0 Å². The third kappa shape index (κ3) is 3.95. The second-order valence-corrected chi connectivity index (χ2v) is 9.37. The molecular weight excluding hydrogens is 284 g/mol. The normalized spacial score (nSPS) is 21.4. The van der Waals surface area contributed by atoms with Gasteiger partial charge in [-0.25, -0.2) is 4.89 Å². The van der Waals surface area contributed by atoms with E-state index in [2.05, 4.69) is 48.5 Å². The Labute approximate surface area is 145 Å². The molecule has 0 amide bonds. The van der Waals surface area contributed by atoms with Crippen LogP contribution in [0.1, 0.15) is 113 Å². The zero-order valence-corrected chi connectivity index (χ0v) is 16.9. The van der Waals surface area contributed by atoms with Crippen LogP contribution in [0, 0.1) is 16.2 Å². The fourth-order valence-electron chi connectivity index (χ4n) is 5.97. The first-order valence-corrected chi connectivity index (χ1v) is 9.98. The highest BCUT2D eigenvalue weighted by Crippen LogP contribution is 2.64. The zero-order valence-electron chi connectivity index (χ0n) is 16.9. The molecule has 23 heavy (non-hydrogen) atoms. The fourth-order valence-corrected chi connectivity index (χ4v) is 5.97. The first-order valence-electron chi connectivity index (χ1n) is 9.98. The summed E-state index contributed by atoms with van der Waals surface area (Å²) in [5.74, 6) is 0. The van der Waals surface area contributed by atoms with Gasteiger partial charge in [-0.3, -0.25) is 5.26 Å². The van der Waals surface area contributed by atoms with Gasteiger partial charge in [0.25, 0.3) is 0 Å². The SMILES string of the molecule is CCCC1(OO)CCC(C(C)(C)CCC)(C(C)(C)CCC)CC1. The predicted octanol–water partition coefficient (Wildman–Crippen LogP) is 7.23. The topological polar surface area (TPSA) is 29.5 Å². The molecule has 0 radical (unpaired) electrons. The lowest BCUT2D eigenvalue weighted by Gasteiger charge is -2.61. The largest absolute Gasteiger partial charge is 0.251 e. The smallest absolute Gasteiger partial charge is 0.103 e. The summed E-state index contributed by atoms with van der Waals surface area (Å²) in [7, 11) is 0. The average Bonchev–Trinajstić information content (AvgIpc) is 2.47. The fraction of sp³-hybridized carbons (Fsp3) is 1.00. The van der Waals surface area contributed by atoms with Crippen molar-refractivity contribution >= 4 is 0 Å². The molecule has 2 heteroatoms. The maximum absolute atomic E-state index is 9.56. The highest BCUT2D eigenvalue weighted by Gasteiger charge is 2.57. The summed E-state index contributed by atoms with van der Waals surface area (Å²) in [5, 5.41) is 9.56. The van der Waals surface area contributed by atoms with Crippen LogP contribution in [-0.4, -0.2) is 10.9 Å². The predicted molar refractivity (Wildman–Crippen MR) is 99.6 cm³/mol. The van der Waals surface area contributed by atoms with Crippen molar-refractivity contribution < 1.29 is 10.1 Å². The van der Waals surface area contributed by atoms with E-state index in [0.717, 1.165) is 25.7 Å². The highest BCUT2D eigenvalue weighted by molar-refractivity contribution is 5.06. The van der Waals surface area contributed by atoms with Crippen molar-refractivity contribution in [1.29, 1.82) is 0 Å². The summed E-state index contributed by atoms with van der Waals surface area (Å²) in [6.07, 6.45) is 11.4. The van der Waals surface area contributed by atoms with E-state index in [4.69, 9.17) is 4.89 Å². The van der Waals surface area contributed by atoms with Gasteiger partial charge >= 0.3 is 0 Å². The molecule has 0 spiro atoms. The minimum absolute atomic E-state index is 0.289. The third-order valence-corrected chi connectivity index (χ3v) is 7.26. The molecule has 0 heterocycles. The molecule has 0 unspecified atom stereocenters. The van der Waals surface area contributed by atoms with Crippen molar-refractivity contribution in [2.75, 3.05) is 0 Å². The molecule has 1 N–H and O–H groups in total. The van der Waals surface area contributed by atoms with Crippen LogP contribution in [0.5, 0.6) is 0 Å². The standard InChI is InChI=1S/C21H42O2/c1-8-11-18(4,5)21(19(6,7)12-9-2)16-14-20(23-22,13-10-3)15-17-21/h22H,8-17H2,1-7H3. The minimum Gasteiger partial charge on any atom is -0.251 e. The molecule has 0 aromatic rings. The quantitative estimate of drug-likeness (QED) is 0.358. The van der Waals surface area contributed by atoms with Crippen LogP contribution in [0.2, 0.25) is 0 Å². The van der Waals surface area contributed by atoms with Crippen LogP contribution in [0.3, 0.4) is 0 Å². The molecule has 0 atom stereocenters. The van der Waals surface area contributed by atoms with Crippen LogP contribution in [0.4, 0.5) is 0 Å². The molecule has 1 aliphatic carbocycles. The molecule has 1 rings (SSSR count). The Morgan fingerprint density at radius 3 is 1.52 bits per heavy atom. The van der Waals surface area contributed by atoms with Crippen molar-refractivity contribution in [3.63, 3.8) is 0 Å². The molecular formula is C21H42O2. The number of hydrogen-bond acceptors (Lipinski definition) is 2. The van der Waals surface area contributed by atoms with Gasteiger partial charge in [0.15, 0.2) is 0 Å². The molecule has 138 valence electrons. The van der Waals surface area contributed by atoms with Crippen molar-refractivity contribution in [2.24, 2.45) is 16.2 Å². The van der Waals surface area contributed by atoms with Gasteiger partial charge in [0.2, 0.25) is 0 Å². The molecule has 1 aliphatic rings. The Hall–Kier alpha value is -0.0800. The van der Waals surface area contributed by atoms with Gasteiger partial charge < -0.3 is 0 Å². The van der Waals surface area contributed by atoms with Gasteiger partial charge in [-0.1, -0.05) is 67.7 Å². The van der Waals surface area contributed by atoms with Crippen LogP contribution in [-0.2, 0) is 4.89 Å². The second-order valence-electron chi connectivity index (χ2n) is 9.37. The van der Waals surface area contributed by atoms with Gasteiger partial charge in [-0.2, -0.15) is 0 Å². The van der Waals surface area contributed by atoms with E-state index in [1.165, 1.54) is 38.5 Å². The Morgan fingerprint density at radius 1 is 0.783 bits per heavy atom. The Balaban J connectivity index is 3.15. The molecule has 1 fully saturated rings. The van der Waals surface area contributed by atoms with Gasteiger partial charge in [-0.15, -0.1) is 0 Å². The van der Waals surface area contributed by atoms with E-state index >= 15 is 0 Å². The summed E-state index contributed by atoms with van der Waals surface area (Å²) in [4.78, 5) is 5.06. The first-order chi connectivity index (χ1) is 10.7. The van der Waals surface area contributed by atoms with Crippen molar-refractivity contribution in [3.8, 4) is 0 Å². The molecule has 0 aromatic carbocycles. The summed E-state index contributed by atoms with van der Waals surface area (Å²) >= 11 is 0. The molecule has 0 aliphatic heterocycles. The highest BCUT2D eigenvalue weighted by atomic mass is 17.1. The lowest BCUT2D eigenvalue weighted by Crippen LogP contribution is -2.54. The van der Waals surface area contributed by atoms with Gasteiger partial charge in [0.05, 0.1) is 0 Å². The van der Waals surface area contributed by atoms with Gasteiger partial charge in [0.1, 0.15) is 5.60 Å². The van der Waals surface area contributed by atoms with E-state index in [0.29, 0.717) is 16.2 Å². The van der Waals surface area contributed by atoms with E-state index in [-0.39, 0.29) is 5.60 Å². The van der Waals surface area contributed by atoms with Gasteiger partial charge in [-0.05, 0) is 61.2 Å². The molecule has 2 nitrogen and oxygen atoms in total. The Kier molecular flexibility index (Phi) is 7.17. The lowest BCUT2D eigenvalue weighted by atomic mass is 9.45. The maximum Gasteiger partial charge on any atom is 0.103 e. The molecule has 0 saturated heterocycles. The minimum atomic E-state index is -0.289. The lowest BCUT2D eigenvalue weighted by molar-refractivity contribution is -0.341. The summed E-state index contributed by atoms with van der Waals surface area (Å²) in [6, 6.07) is 0. The zero-order chi connectivity index (χ0) is 17.8. The summed E-state index contributed by atoms with van der Waals surface area (Å²) in [5.41, 5.74) is 0.702. The van der Waals surface area contributed by atoms with Crippen molar-refractivity contribution in [2.45, 2.75) is 118 Å². The summed E-state index contributed by atoms with van der Waals surface area (Å²) < 4.78 is 0. The maximum atomic E-state index is 9.56. The Bertz CT molecular complexity index is 329. The third-order valence-electron chi connectivity index (χ3n) is 7.26. The van der Waals surface area contributed by atoms with Crippen molar-refractivity contribution in [3.05, 3.63) is 0 Å². The van der Waals surface area contributed by atoms with Gasteiger partial charge in [0, 0.05) is 0 Å². The van der Waals surface area contributed by atoms with Crippen LogP contribution >= 0.6 is 0 Å². The van der Waals surface area contributed by atoms with Crippen LogP contribution in [0.25, 0.3) is 0 Å². The molecule has 1 saturated carbocycles. The first kappa shape index (κ1) is 21.0. The Morgan fingerprint density at radius 2 is 1.22 bits per heavy atom. The second kappa shape index (κ2) is 7.87. The molecule has 0 bridgehead atoms. The molecule has 0 aromatic heterocycles. The van der Waals surface area contributed by atoms with Crippen LogP contribution < -0.4 is 0 Å². The van der Waals surface area contributed by atoms with Crippen molar-refractivity contribution in [1.82, 2.24) is 0 Å². The monoisotopic (exact) mass is 326 g/mol. The number of rotatable bonds is 9. The number of hydrogen-bond donors (Lipinski definition) is 1.